The van der Waals surface area contributed by atoms with Crippen molar-refractivity contribution in [3.05, 3.63) is 70.6 Å². The average molecular weight is 549 g/mol. The number of halogens is 5. The minimum Gasteiger partial charge on any atom is -0.475 e. The molecule has 0 fully saturated rings. The van der Waals surface area contributed by atoms with Crippen LogP contribution in [0.2, 0.25) is 0 Å². The molecule has 0 amide bonds. The summed E-state index contributed by atoms with van der Waals surface area (Å²) in [5.74, 6) is -2.45. The number of hydrogen-bond donors (Lipinski definition) is 2. The maximum absolute atomic E-state index is 12.8. The lowest BCUT2D eigenvalue weighted by atomic mass is 10.1. The molecule has 1 aromatic carbocycles. The van der Waals surface area contributed by atoms with Crippen LogP contribution in [0.4, 0.5) is 22.0 Å². The topological polar surface area (TPSA) is 150 Å². The Labute approximate surface area is 206 Å². The quantitative estimate of drug-likeness (QED) is 0.446. The van der Waals surface area contributed by atoms with Crippen LogP contribution in [0.15, 0.2) is 64.2 Å². The number of rotatable bonds is 6. The van der Waals surface area contributed by atoms with Gasteiger partial charge in [-0.05, 0) is 36.2 Å². The van der Waals surface area contributed by atoms with E-state index in [1.165, 1.54) is 24.7 Å². The summed E-state index contributed by atoms with van der Waals surface area (Å²) < 4.78 is 82.6. The number of carbonyl (C=O) groups is 1. The van der Waals surface area contributed by atoms with Gasteiger partial charge >= 0.3 is 17.8 Å². The predicted molar refractivity (Wildman–Crippen MR) is 121 cm³/mol. The van der Waals surface area contributed by atoms with E-state index in [1.807, 2.05) is 0 Å². The van der Waals surface area contributed by atoms with Crippen molar-refractivity contribution < 1.29 is 40.3 Å². The minimum atomic E-state index is -5.08. The highest BCUT2D eigenvalue weighted by Crippen LogP contribution is 2.23. The Balaban J connectivity index is 0.000000604. The third kappa shape index (κ3) is 7.53. The number of hydrogen-bond acceptors (Lipinski definition) is 7. The van der Waals surface area contributed by atoms with Gasteiger partial charge in [-0.3, -0.25) is 0 Å². The molecule has 2 aromatic heterocycles. The van der Waals surface area contributed by atoms with E-state index in [4.69, 9.17) is 15.6 Å². The number of aryl methyl sites for hydroxylation is 1. The van der Waals surface area contributed by atoms with Gasteiger partial charge in [0.25, 0.3) is 6.08 Å². The Hall–Kier alpha value is -3.92. The number of benzene rings is 1. The molecular weight excluding hydrogens is 529 g/mol. The molecule has 0 radical (unpaired) electrons. The van der Waals surface area contributed by atoms with Crippen LogP contribution in [0.25, 0.3) is 16.9 Å². The molecule has 0 bridgehead atoms. The zero-order valence-corrected chi connectivity index (χ0v) is 20.0. The molecule has 0 spiro atoms. The summed E-state index contributed by atoms with van der Waals surface area (Å²) in [4.78, 5) is 26.0. The van der Waals surface area contributed by atoms with Crippen molar-refractivity contribution in [1.29, 1.82) is 0 Å². The third-order valence-corrected chi connectivity index (χ3v) is 5.85. The second kappa shape index (κ2) is 11.4. The van der Waals surface area contributed by atoms with Crippen LogP contribution in [0, 0.1) is 6.92 Å². The fraction of sp³-hybridized carbons (Fsp3) is 0.238. The molecule has 0 aliphatic heterocycles. The van der Waals surface area contributed by atoms with Crippen molar-refractivity contribution in [2.45, 2.75) is 24.5 Å². The maximum atomic E-state index is 12.8. The van der Waals surface area contributed by atoms with Crippen molar-refractivity contribution in [3.63, 3.8) is 0 Å². The van der Waals surface area contributed by atoms with E-state index in [0.29, 0.717) is 11.4 Å². The molecule has 3 N–H and O–H groups in total. The SMILES string of the molecule is Cc1cc(-c2ccc(S(C)(=O)=O)cc2)cnc1-n1cnn(CC(CN)=C(F)F)c1=O.O=C(O)C(F)(F)F. The van der Waals surface area contributed by atoms with Crippen LogP contribution in [-0.2, 0) is 21.2 Å². The average Bonchev–Trinajstić information content (AvgIpc) is 3.16. The highest BCUT2D eigenvalue weighted by molar-refractivity contribution is 7.90. The van der Waals surface area contributed by atoms with Gasteiger partial charge in [0.2, 0.25) is 0 Å². The minimum absolute atomic E-state index is 0.210. The van der Waals surface area contributed by atoms with E-state index in [0.717, 1.165) is 26.6 Å². The van der Waals surface area contributed by atoms with Crippen molar-refractivity contribution in [2.24, 2.45) is 5.73 Å². The molecule has 10 nitrogen and oxygen atoms in total. The Bertz CT molecular complexity index is 1470. The van der Waals surface area contributed by atoms with E-state index in [1.54, 1.807) is 25.1 Å². The first-order chi connectivity index (χ1) is 17.1. The summed E-state index contributed by atoms with van der Waals surface area (Å²) in [6, 6.07) is 8.14. The molecule has 2 heterocycles. The molecule has 0 saturated carbocycles. The fourth-order valence-electron chi connectivity index (χ4n) is 2.85. The summed E-state index contributed by atoms with van der Waals surface area (Å²) in [5, 5.41) is 11.0. The molecule has 0 saturated heterocycles. The summed E-state index contributed by atoms with van der Waals surface area (Å²) in [7, 11) is -3.29. The van der Waals surface area contributed by atoms with Crippen LogP contribution in [-0.4, -0.2) is 57.8 Å². The molecule has 0 unspecified atom stereocenters. The van der Waals surface area contributed by atoms with E-state index in [2.05, 4.69) is 10.1 Å². The molecule has 0 aliphatic carbocycles. The Morgan fingerprint density at radius 1 is 1.14 bits per heavy atom. The molecule has 0 aliphatic rings. The van der Waals surface area contributed by atoms with Gasteiger partial charge < -0.3 is 10.8 Å². The number of nitrogens with two attached hydrogens (primary N) is 1. The van der Waals surface area contributed by atoms with Gasteiger partial charge in [-0.1, -0.05) is 12.1 Å². The molecular formula is C21H20F5N5O5S. The van der Waals surface area contributed by atoms with Crippen molar-refractivity contribution in [3.8, 4) is 16.9 Å². The van der Waals surface area contributed by atoms with Crippen LogP contribution in [0.1, 0.15) is 5.56 Å². The number of nitrogens with zero attached hydrogens (tertiary/aromatic N) is 4. The molecule has 16 heteroatoms. The molecule has 3 rings (SSSR count). The molecule has 200 valence electrons. The second-order valence-electron chi connectivity index (χ2n) is 7.47. The summed E-state index contributed by atoms with van der Waals surface area (Å²) in [5.41, 5.74) is 6.41. The van der Waals surface area contributed by atoms with Crippen molar-refractivity contribution >= 4 is 15.8 Å². The zero-order valence-electron chi connectivity index (χ0n) is 19.2. The van der Waals surface area contributed by atoms with Gasteiger partial charge in [-0.25, -0.2) is 32.2 Å². The highest BCUT2D eigenvalue weighted by atomic mass is 32.2. The van der Waals surface area contributed by atoms with Crippen molar-refractivity contribution in [1.82, 2.24) is 19.3 Å². The summed E-state index contributed by atoms with van der Waals surface area (Å²) in [6.45, 7) is 0.952. The van der Waals surface area contributed by atoms with Crippen LogP contribution < -0.4 is 11.4 Å². The van der Waals surface area contributed by atoms with Gasteiger partial charge in [0.05, 0.1) is 11.4 Å². The predicted octanol–water partition coefficient (Wildman–Crippen LogP) is 2.55. The van der Waals surface area contributed by atoms with Gasteiger partial charge in [0.15, 0.2) is 9.84 Å². The monoisotopic (exact) mass is 549 g/mol. The first kappa shape index (κ1) is 29.3. The molecule has 3 aromatic rings. The lowest BCUT2D eigenvalue weighted by Gasteiger charge is -2.08. The van der Waals surface area contributed by atoms with Gasteiger partial charge in [-0.15, -0.1) is 0 Å². The molecule has 37 heavy (non-hydrogen) atoms. The lowest BCUT2D eigenvalue weighted by molar-refractivity contribution is -0.192. The van der Waals surface area contributed by atoms with Crippen LogP contribution in [0.3, 0.4) is 0 Å². The van der Waals surface area contributed by atoms with E-state index in [-0.39, 0.29) is 17.0 Å². The standard InChI is InChI=1S/C19H19F2N5O3S.C2HF3O2/c1-12-7-14(13-3-5-16(6-4-13)30(2,28)29)9-23-18(12)25-11-24-26(19(25)27)10-15(8-22)17(20)21;3-2(4,5)1(6)7/h3-7,9,11H,8,10,22H2,1-2H3;(H,6,7). The van der Waals surface area contributed by atoms with Crippen LogP contribution >= 0.6 is 0 Å². The fourth-order valence-corrected chi connectivity index (χ4v) is 3.48. The number of aliphatic carboxylic acids is 1. The van der Waals surface area contributed by atoms with Gasteiger partial charge in [0, 0.05) is 30.1 Å². The zero-order chi connectivity index (χ0) is 28.1. The Kier molecular flexibility index (Phi) is 9.05. The number of aromatic nitrogens is 4. The Morgan fingerprint density at radius 2 is 1.70 bits per heavy atom. The number of carboxylic acids is 1. The summed E-state index contributed by atoms with van der Waals surface area (Å²) in [6.07, 6.45) is -3.13. The Morgan fingerprint density at radius 3 is 2.14 bits per heavy atom. The first-order valence-electron chi connectivity index (χ1n) is 10.0. The number of sulfone groups is 1. The van der Waals surface area contributed by atoms with E-state index < -0.39 is 40.3 Å². The van der Waals surface area contributed by atoms with Crippen LogP contribution in [0.5, 0.6) is 0 Å². The summed E-state index contributed by atoms with van der Waals surface area (Å²) >= 11 is 0. The first-order valence-corrected chi connectivity index (χ1v) is 11.9. The normalized spacial score (nSPS) is 11.5. The van der Waals surface area contributed by atoms with E-state index in [9.17, 15) is 35.2 Å². The van der Waals surface area contributed by atoms with E-state index >= 15 is 0 Å². The lowest BCUT2D eigenvalue weighted by Crippen LogP contribution is -2.27. The maximum Gasteiger partial charge on any atom is 0.490 e. The smallest absolute Gasteiger partial charge is 0.475 e. The number of alkyl halides is 3. The number of carboxylic acid groups (broad SMARTS) is 1. The second-order valence-corrected chi connectivity index (χ2v) is 9.49. The van der Waals surface area contributed by atoms with Gasteiger partial charge in [-0.2, -0.15) is 27.1 Å². The van der Waals surface area contributed by atoms with Crippen molar-refractivity contribution in [2.75, 3.05) is 12.8 Å². The largest absolute Gasteiger partial charge is 0.490 e. The third-order valence-electron chi connectivity index (χ3n) is 4.72. The molecule has 0 atom stereocenters. The van der Waals surface area contributed by atoms with Gasteiger partial charge in [0.1, 0.15) is 12.1 Å². The highest BCUT2D eigenvalue weighted by Gasteiger charge is 2.38. The number of pyridine rings is 1.